The van der Waals surface area contributed by atoms with Crippen molar-refractivity contribution in [3.63, 3.8) is 0 Å². The fourth-order valence-electron chi connectivity index (χ4n) is 0.696. The van der Waals surface area contributed by atoms with E-state index in [0.717, 1.165) is 0 Å². The Morgan fingerprint density at radius 3 is 2.43 bits per heavy atom. The number of anilines is 1. The first-order chi connectivity index (χ1) is 6.70. The predicted octanol–water partition coefficient (Wildman–Crippen LogP) is 0.146. The number of hydrazine groups is 1. The highest BCUT2D eigenvalue weighted by Gasteiger charge is 2.12. The van der Waals surface area contributed by atoms with Crippen molar-refractivity contribution in [2.45, 2.75) is 0 Å². The maximum absolute atomic E-state index is 10.4. The van der Waals surface area contributed by atoms with Gasteiger partial charge in [-0.15, -0.1) is 0 Å². The summed E-state index contributed by atoms with van der Waals surface area (Å²) >= 11 is 0. The molecule has 0 heterocycles. The van der Waals surface area contributed by atoms with Crippen molar-refractivity contribution in [3.8, 4) is 0 Å². The minimum Gasteiger partial charge on any atom is -0.473 e. The molecule has 0 aliphatic rings. The van der Waals surface area contributed by atoms with Crippen LogP contribution in [0.1, 0.15) is 0 Å². The Kier molecular flexibility index (Phi) is 3.45. The molecule has 0 bridgehead atoms. The molecule has 1 aromatic carbocycles. The molecule has 0 spiro atoms. The number of para-hydroxylation sites is 1. The number of benzene rings is 1. The van der Waals surface area contributed by atoms with Crippen LogP contribution in [0.3, 0.4) is 0 Å². The van der Waals surface area contributed by atoms with Gasteiger partial charge in [-0.3, -0.25) is 5.43 Å². The van der Waals surface area contributed by atoms with E-state index in [4.69, 9.17) is 5.11 Å². The molecule has 0 amide bonds. The lowest BCUT2D eigenvalue weighted by molar-refractivity contribution is -0.168. The Hall–Kier alpha value is -2.08. The van der Waals surface area contributed by atoms with Gasteiger partial charge in [0.25, 0.3) is 0 Å². The van der Waals surface area contributed by atoms with Crippen LogP contribution in [0.4, 0.5) is 5.69 Å². The first kappa shape index (κ1) is 10.0. The predicted molar refractivity (Wildman–Crippen MR) is 46.9 cm³/mol. The van der Waals surface area contributed by atoms with Gasteiger partial charge in [0.1, 0.15) is 0 Å². The Balaban J connectivity index is 2.29. The van der Waals surface area contributed by atoms with Gasteiger partial charge in [0.2, 0.25) is 0 Å². The van der Waals surface area contributed by atoms with Gasteiger partial charge in [0.15, 0.2) is 0 Å². The Morgan fingerprint density at radius 2 is 1.86 bits per heavy atom. The summed E-state index contributed by atoms with van der Waals surface area (Å²) in [7, 11) is 0. The lowest BCUT2D eigenvalue weighted by atomic mass is 10.3. The molecule has 0 unspecified atom stereocenters. The monoisotopic (exact) mass is 196 g/mol. The molecule has 74 valence electrons. The fraction of sp³-hybridized carbons (Fsp3) is 0. The molecule has 0 radical (unpaired) electrons. The van der Waals surface area contributed by atoms with Gasteiger partial charge in [0, 0.05) is 0 Å². The van der Waals surface area contributed by atoms with Crippen LogP contribution in [-0.2, 0) is 14.4 Å². The first-order valence-electron chi connectivity index (χ1n) is 3.70. The topological polar surface area (TPSA) is 87.7 Å². The van der Waals surface area contributed by atoms with E-state index in [1.807, 2.05) is 11.7 Å². The summed E-state index contributed by atoms with van der Waals surface area (Å²) in [6, 6.07) is 8.77. The van der Waals surface area contributed by atoms with E-state index < -0.39 is 11.9 Å². The molecular weight excluding hydrogens is 188 g/mol. The number of aliphatic carboxylic acids is 1. The second kappa shape index (κ2) is 4.83. The number of nitrogens with one attached hydrogen (secondary N) is 2. The summed E-state index contributed by atoms with van der Waals surface area (Å²) < 4.78 is 0. The van der Waals surface area contributed by atoms with Crippen LogP contribution in [-0.4, -0.2) is 17.0 Å². The summed E-state index contributed by atoms with van der Waals surface area (Å²) in [4.78, 5) is 24.5. The zero-order chi connectivity index (χ0) is 10.4. The van der Waals surface area contributed by atoms with E-state index in [9.17, 15) is 9.59 Å². The molecule has 6 nitrogen and oxygen atoms in total. The van der Waals surface area contributed by atoms with E-state index in [0.29, 0.717) is 5.69 Å². The SMILES string of the molecule is O=C(O)C(=O)ONNc1ccccc1. The lowest BCUT2D eigenvalue weighted by Crippen LogP contribution is -2.29. The smallest absolute Gasteiger partial charge is 0.437 e. The summed E-state index contributed by atoms with van der Waals surface area (Å²) in [6.07, 6.45) is 0. The zero-order valence-corrected chi connectivity index (χ0v) is 7.06. The number of rotatable bonds is 3. The van der Waals surface area contributed by atoms with Crippen LogP contribution in [0.5, 0.6) is 0 Å². The second-order valence-electron chi connectivity index (χ2n) is 2.29. The van der Waals surface area contributed by atoms with Gasteiger partial charge in [0.05, 0.1) is 5.69 Å². The third-order valence-corrected chi connectivity index (χ3v) is 1.29. The van der Waals surface area contributed by atoms with Gasteiger partial charge >= 0.3 is 11.9 Å². The summed E-state index contributed by atoms with van der Waals surface area (Å²) in [5.41, 5.74) is 5.12. The minimum atomic E-state index is -1.66. The fourth-order valence-corrected chi connectivity index (χ4v) is 0.696. The maximum atomic E-state index is 10.4. The summed E-state index contributed by atoms with van der Waals surface area (Å²) in [5.74, 6) is -3.04. The molecule has 1 aromatic rings. The number of carbonyl (C=O) groups is 2. The molecule has 0 fully saturated rings. The second-order valence-corrected chi connectivity index (χ2v) is 2.29. The molecule has 6 heteroatoms. The van der Waals surface area contributed by atoms with Crippen molar-refractivity contribution in [2.24, 2.45) is 0 Å². The summed E-state index contributed by atoms with van der Waals surface area (Å²) in [6.45, 7) is 0. The average molecular weight is 196 g/mol. The highest BCUT2D eigenvalue weighted by molar-refractivity contribution is 6.28. The molecule has 0 atom stereocenters. The van der Waals surface area contributed by atoms with Gasteiger partial charge in [-0.1, -0.05) is 23.8 Å². The third kappa shape index (κ3) is 3.11. The summed E-state index contributed by atoms with van der Waals surface area (Å²) in [5, 5.41) is 8.14. The van der Waals surface area contributed by atoms with Gasteiger partial charge in [-0.2, -0.15) is 0 Å². The van der Waals surface area contributed by atoms with E-state index >= 15 is 0 Å². The van der Waals surface area contributed by atoms with Crippen molar-refractivity contribution in [1.82, 2.24) is 5.59 Å². The Morgan fingerprint density at radius 1 is 1.21 bits per heavy atom. The van der Waals surface area contributed by atoms with Crippen molar-refractivity contribution in [1.29, 1.82) is 0 Å². The van der Waals surface area contributed by atoms with Crippen LogP contribution in [0.2, 0.25) is 0 Å². The van der Waals surface area contributed by atoms with E-state index in [-0.39, 0.29) is 0 Å². The van der Waals surface area contributed by atoms with Crippen LogP contribution in [0, 0.1) is 0 Å². The molecule has 0 saturated heterocycles. The standard InChI is InChI=1S/C8H8N2O4/c11-7(12)8(13)14-10-9-6-4-2-1-3-5-6/h1-5,9-10H,(H,11,12). The normalized spacial score (nSPS) is 9.14. The minimum absolute atomic E-state index is 0.644. The highest BCUT2D eigenvalue weighted by atomic mass is 16.7. The molecule has 14 heavy (non-hydrogen) atoms. The zero-order valence-electron chi connectivity index (χ0n) is 7.06. The number of hydrogen-bond donors (Lipinski definition) is 3. The quantitative estimate of drug-likeness (QED) is 0.471. The lowest BCUT2D eigenvalue weighted by Gasteiger charge is -2.05. The Labute approximate surface area is 79.4 Å². The third-order valence-electron chi connectivity index (χ3n) is 1.29. The molecule has 0 aliphatic heterocycles. The number of carbonyl (C=O) groups excluding carboxylic acids is 1. The maximum Gasteiger partial charge on any atom is 0.437 e. The van der Waals surface area contributed by atoms with E-state index in [1.165, 1.54) is 0 Å². The van der Waals surface area contributed by atoms with Crippen LogP contribution in [0.25, 0.3) is 0 Å². The highest BCUT2D eigenvalue weighted by Crippen LogP contribution is 2.02. The van der Waals surface area contributed by atoms with Gasteiger partial charge in [-0.05, 0) is 12.1 Å². The number of carboxylic acids is 1. The van der Waals surface area contributed by atoms with Crippen LogP contribution < -0.4 is 11.0 Å². The largest absolute Gasteiger partial charge is 0.473 e. The van der Waals surface area contributed by atoms with Crippen molar-refractivity contribution in [2.75, 3.05) is 5.43 Å². The van der Waals surface area contributed by atoms with Crippen LogP contribution in [0.15, 0.2) is 30.3 Å². The molecule has 0 aliphatic carbocycles. The number of hydrogen-bond acceptors (Lipinski definition) is 5. The molecule has 0 aromatic heterocycles. The van der Waals surface area contributed by atoms with Gasteiger partial charge in [-0.25, -0.2) is 9.59 Å². The molecule has 0 saturated carbocycles. The number of carboxylic acid groups (broad SMARTS) is 1. The molecular formula is C8H8N2O4. The average Bonchev–Trinajstić information content (AvgIpc) is 2.19. The van der Waals surface area contributed by atoms with Crippen LogP contribution >= 0.6 is 0 Å². The van der Waals surface area contributed by atoms with E-state index in [2.05, 4.69) is 10.3 Å². The Bertz CT molecular complexity index is 325. The van der Waals surface area contributed by atoms with Crippen molar-refractivity contribution < 1.29 is 19.5 Å². The van der Waals surface area contributed by atoms with Gasteiger partial charge < -0.3 is 9.94 Å². The molecule has 3 N–H and O–H groups in total. The molecule has 1 rings (SSSR count). The van der Waals surface area contributed by atoms with Crippen molar-refractivity contribution in [3.05, 3.63) is 30.3 Å². The first-order valence-corrected chi connectivity index (χ1v) is 3.70. The van der Waals surface area contributed by atoms with Crippen molar-refractivity contribution >= 4 is 17.6 Å². The van der Waals surface area contributed by atoms with E-state index in [1.54, 1.807) is 24.3 Å².